The van der Waals surface area contributed by atoms with Crippen LogP contribution in [-0.2, 0) is 31.0 Å². The molecule has 0 bridgehead atoms. The molecule has 280 valence electrons. The number of anilines is 1. The Hall–Kier alpha value is -4.33. The second kappa shape index (κ2) is 13.5. The highest BCUT2D eigenvalue weighted by molar-refractivity contribution is 9.10. The Bertz CT molecular complexity index is 2330. The van der Waals surface area contributed by atoms with Gasteiger partial charge in [-0.2, -0.15) is 5.10 Å². The number of thiophene rings is 1. The molecular formula is C40H38BrClN4O7S. The molecule has 1 saturated carbocycles. The highest BCUT2D eigenvalue weighted by Crippen LogP contribution is 2.64. The van der Waals surface area contributed by atoms with E-state index in [9.17, 15) is 24.3 Å². The van der Waals surface area contributed by atoms with Gasteiger partial charge in [-0.1, -0.05) is 45.6 Å². The zero-order chi connectivity index (χ0) is 38.4. The largest absolute Gasteiger partial charge is 0.508 e. The molecule has 2 aliphatic heterocycles. The molecule has 2 N–H and O–H groups in total. The van der Waals surface area contributed by atoms with Crippen molar-refractivity contribution in [3.8, 4) is 16.3 Å². The molecule has 14 heteroatoms. The maximum Gasteiger partial charge on any atom is 0.303 e. The van der Waals surface area contributed by atoms with E-state index >= 15 is 4.79 Å². The van der Waals surface area contributed by atoms with Crippen molar-refractivity contribution in [3.63, 3.8) is 0 Å². The number of benzene rings is 2. The molecule has 6 unspecified atom stereocenters. The zero-order valence-electron chi connectivity index (χ0n) is 29.8. The van der Waals surface area contributed by atoms with Crippen molar-refractivity contribution in [1.29, 1.82) is 0 Å². The van der Waals surface area contributed by atoms with Crippen LogP contribution >= 0.6 is 38.9 Å². The first-order valence-electron chi connectivity index (χ1n) is 18.1. The summed E-state index contributed by atoms with van der Waals surface area (Å²) < 4.78 is 3.26. The quantitative estimate of drug-likeness (QED) is 0.0995. The van der Waals surface area contributed by atoms with E-state index in [1.807, 2.05) is 31.2 Å². The van der Waals surface area contributed by atoms with Gasteiger partial charge < -0.3 is 10.2 Å². The number of aromatic nitrogens is 2. The number of carboxylic acids is 1. The maximum atomic E-state index is 15.0. The van der Waals surface area contributed by atoms with Gasteiger partial charge in [-0.25, -0.2) is 4.90 Å². The van der Waals surface area contributed by atoms with E-state index in [-0.39, 0.29) is 37.0 Å². The number of imide groups is 2. The number of hydrogen-bond donors (Lipinski definition) is 2. The van der Waals surface area contributed by atoms with Crippen LogP contribution in [0.2, 0.25) is 5.02 Å². The van der Waals surface area contributed by atoms with Crippen LogP contribution in [0.25, 0.3) is 20.7 Å². The van der Waals surface area contributed by atoms with Gasteiger partial charge in [-0.3, -0.25) is 33.6 Å². The van der Waals surface area contributed by atoms with E-state index < -0.39 is 52.8 Å². The van der Waals surface area contributed by atoms with Gasteiger partial charge in [0.1, 0.15) is 17.3 Å². The molecular weight excluding hydrogens is 796 g/mol. The lowest BCUT2D eigenvalue weighted by molar-refractivity contribution is -0.141. The molecule has 4 heterocycles. The van der Waals surface area contributed by atoms with Gasteiger partial charge in [0.2, 0.25) is 23.6 Å². The number of aromatic hydroxyl groups is 1. The first kappa shape index (κ1) is 36.6. The van der Waals surface area contributed by atoms with Gasteiger partial charge in [0.15, 0.2) is 0 Å². The van der Waals surface area contributed by atoms with Gasteiger partial charge in [0.05, 0.1) is 28.0 Å². The number of carboxylic acid groups (broad SMARTS) is 1. The summed E-state index contributed by atoms with van der Waals surface area (Å²) in [5.74, 6) is -5.48. The Kier molecular flexibility index (Phi) is 9.13. The smallest absolute Gasteiger partial charge is 0.303 e. The van der Waals surface area contributed by atoms with E-state index in [1.54, 1.807) is 54.3 Å². The summed E-state index contributed by atoms with van der Waals surface area (Å²) in [7, 11) is 1.70. The lowest BCUT2D eigenvalue weighted by Gasteiger charge is -2.49. The number of rotatable bonds is 9. The molecule has 6 atom stereocenters. The van der Waals surface area contributed by atoms with Crippen LogP contribution in [0.15, 0.2) is 58.6 Å². The Balaban J connectivity index is 1.18. The number of phenolic OH excluding ortho intramolecular Hbond substituents is 1. The number of carbonyl (C=O) groups is 5. The number of halogens is 2. The van der Waals surface area contributed by atoms with Gasteiger partial charge >= 0.3 is 5.97 Å². The molecule has 2 saturated heterocycles. The van der Waals surface area contributed by atoms with Crippen molar-refractivity contribution in [2.45, 2.75) is 58.3 Å². The second-order valence-electron chi connectivity index (χ2n) is 15.1. The predicted octanol–water partition coefficient (Wildman–Crippen LogP) is 7.61. The average molecular weight is 834 g/mol. The number of hydrogen-bond acceptors (Lipinski definition) is 8. The van der Waals surface area contributed by atoms with Crippen molar-refractivity contribution in [1.82, 2.24) is 14.7 Å². The fourth-order valence-corrected chi connectivity index (χ4v) is 11.3. The van der Waals surface area contributed by atoms with E-state index in [0.717, 1.165) is 26.1 Å². The maximum absolute atomic E-state index is 15.0. The number of fused-ring (bicyclic) bond motifs is 5. The standard InChI is InChI=1S/C40H38BrClN4O7S/c1-19-24-16-21(42)9-13-30(24)54-35(19)28-18-31(44(3)43-28)46-37(51)27-17-25-22(34(40(27,2)39(46)53)26-15-20(41)8-12-29(26)47)10-11-23-33(25)38(52)45(36(23)50)14-6-4-5-7-32(48)49/h8-10,12-13,15-16,18,23,25,27,33-34,47H,4-7,11,14,17H2,1-3H3,(H,48,49). The van der Waals surface area contributed by atoms with Crippen LogP contribution in [0, 0.1) is 36.0 Å². The normalized spacial score (nSPS) is 26.4. The molecule has 3 fully saturated rings. The number of unbranched alkanes of at least 4 members (excludes halogenated alkanes) is 2. The predicted molar refractivity (Wildman–Crippen MR) is 207 cm³/mol. The van der Waals surface area contributed by atoms with Crippen LogP contribution in [0.3, 0.4) is 0 Å². The van der Waals surface area contributed by atoms with E-state index in [2.05, 4.69) is 15.9 Å². The Labute approximate surface area is 328 Å². The Morgan fingerprint density at radius 2 is 1.81 bits per heavy atom. The number of nitrogens with zero attached hydrogens (tertiary/aromatic N) is 4. The van der Waals surface area contributed by atoms with Crippen LogP contribution in [0.4, 0.5) is 5.82 Å². The third-order valence-electron chi connectivity index (χ3n) is 12.2. The number of aliphatic carboxylic acids is 1. The second-order valence-corrected chi connectivity index (χ2v) is 17.5. The van der Waals surface area contributed by atoms with Gasteiger partial charge in [0, 0.05) is 51.8 Å². The van der Waals surface area contributed by atoms with Crippen molar-refractivity contribution in [2.75, 3.05) is 11.4 Å². The average Bonchev–Trinajstić information content (AvgIpc) is 3.79. The third-order valence-corrected chi connectivity index (χ3v) is 14.2. The van der Waals surface area contributed by atoms with Crippen molar-refractivity contribution < 1.29 is 34.2 Å². The monoisotopic (exact) mass is 832 g/mol. The number of phenols is 1. The lowest BCUT2D eigenvalue weighted by Crippen LogP contribution is -2.49. The van der Waals surface area contributed by atoms with Crippen LogP contribution in [-0.4, -0.2) is 61.0 Å². The summed E-state index contributed by atoms with van der Waals surface area (Å²) in [6.45, 7) is 3.98. The summed E-state index contributed by atoms with van der Waals surface area (Å²) in [4.78, 5) is 72.2. The molecule has 0 radical (unpaired) electrons. The minimum absolute atomic E-state index is 0.0242. The third kappa shape index (κ3) is 5.56. The summed E-state index contributed by atoms with van der Waals surface area (Å²) in [5, 5.41) is 26.8. The first-order valence-corrected chi connectivity index (χ1v) is 20.1. The summed E-state index contributed by atoms with van der Waals surface area (Å²) in [6, 6.07) is 12.5. The Morgan fingerprint density at radius 1 is 1.04 bits per heavy atom. The number of carbonyl (C=O) groups excluding carboxylic acids is 4. The molecule has 4 amide bonds. The minimum Gasteiger partial charge on any atom is -0.508 e. The van der Waals surface area contributed by atoms with Gasteiger partial charge in [0.25, 0.3) is 0 Å². The fraction of sp³-hybridized carbons (Fsp3) is 0.400. The fourth-order valence-electron chi connectivity index (χ4n) is 9.56. The summed E-state index contributed by atoms with van der Waals surface area (Å²) >= 11 is 11.4. The lowest BCUT2D eigenvalue weighted by atomic mass is 9.51. The minimum atomic E-state index is -1.34. The molecule has 2 aromatic carbocycles. The van der Waals surface area contributed by atoms with E-state index in [0.29, 0.717) is 52.3 Å². The number of likely N-dealkylation sites (tertiary alicyclic amines) is 1. The number of amides is 4. The SMILES string of the molecule is Cc1c(-c2cc(N3C(=O)C4CC5C(=CCC6C(=O)N(CCCCCC(=O)O)C(=O)C65)C(c5cc(Br)ccc5O)C4(C)C3=O)n(C)n2)sc2ccc(Cl)cc12. The molecule has 54 heavy (non-hydrogen) atoms. The van der Waals surface area contributed by atoms with Gasteiger partial charge in [-0.05, 0) is 92.8 Å². The topological polar surface area (TPSA) is 150 Å². The first-order chi connectivity index (χ1) is 25.7. The molecule has 8 rings (SSSR count). The molecule has 4 aliphatic rings. The molecule has 4 aromatic rings. The number of allylic oxidation sites excluding steroid dienone is 2. The van der Waals surface area contributed by atoms with Crippen molar-refractivity contribution in [3.05, 3.63) is 74.7 Å². The summed E-state index contributed by atoms with van der Waals surface area (Å²) in [5.41, 5.74) is 1.51. The van der Waals surface area contributed by atoms with Crippen LogP contribution in [0.1, 0.15) is 62.5 Å². The van der Waals surface area contributed by atoms with E-state index in [4.69, 9.17) is 21.8 Å². The molecule has 0 spiro atoms. The zero-order valence-corrected chi connectivity index (χ0v) is 33.0. The molecule has 11 nitrogen and oxygen atoms in total. The highest BCUT2D eigenvalue weighted by Gasteiger charge is 2.68. The van der Waals surface area contributed by atoms with Crippen molar-refractivity contribution >= 4 is 84.4 Å². The highest BCUT2D eigenvalue weighted by atomic mass is 79.9. The number of aryl methyl sites for hydroxylation is 2. The van der Waals surface area contributed by atoms with Crippen LogP contribution < -0.4 is 4.90 Å². The van der Waals surface area contributed by atoms with E-state index in [1.165, 1.54) is 9.80 Å². The van der Waals surface area contributed by atoms with Gasteiger partial charge in [-0.15, -0.1) is 11.3 Å². The summed E-state index contributed by atoms with van der Waals surface area (Å²) in [6.07, 6.45) is 3.97. The molecule has 2 aromatic heterocycles. The molecule has 2 aliphatic carbocycles. The van der Waals surface area contributed by atoms with Crippen molar-refractivity contribution in [2.24, 2.45) is 36.1 Å². The van der Waals surface area contributed by atoms with Crippen LogP contribution in [0.5, 0.6) is 5.75 Å². The Morgan fingerprint density at radius 3 is 2.57 bits per heavy atom.